The number of likely N-dealkylation sites (tertiary alicyclic amines) is 1. The third-order valence-electron chi connectivity index (χ3n) is 6.67. The predicted octanol–water partition coefficient (Wildman–Crippen LogP) is 5.52. The highest BCUT2D eigenvalue weighted by atomic mass is 16.6. The highest BCUT2D eigenvalue weighted by Crippen LogP contribution is 2.39. The van der Waals surface area contributed by atoms with Crippen LogP contribution in [0, 0.1) is 10.1 Å². The molecule has 184 valence electrons. The maximum Gasteiger partial charge on any atom is 0.270 e. The van der Waals surface area contributed by atoms with Gasteiger partial charge in [-0.15, -0.1) is 0 Å². The van der Waals surface area contributed by atoms with Crippen molar-refractivity contribution in [3.8, 4) is 5.75 Å². The molecule has 1 amide bonds. The number of fused-ring (bicyclic) bond motifs is 1. The van der Waals surface area contributed by atoms with Gasteiger partial charge in [0, 0.05) is 35.6 Å². The van der Waals surface area contributed by atoms with Gasteiger partial charge in [-0.1, -0.05) is 18.6 Å². The van der Waals surface area contributed by atoms with Crippen molar-refractivity contribution in [2.75, 3.05) is 30.8 Å². The molecule has 0 unspecified atom stereocenters. The van der Waals surface area contributed by atoms with Crippen molar-refractivity contribution < 1.29 is 14.5 Å². The Bertz CT molecular complexity index is 1310. The van der Waals surface area contributed by atoms with E-state index in [9.17, 15) is 14.9 Å². The van der Waals surface area contributed by atoms with Crippen LogP contribution in [0.5, 0.6) is 5.75 Å². The standard InChI is InChI=1S/C28H28N4O4/c1-36-23-12-7-20(8-13-23)27(26-24-17-22(32(34)35)11-14-25(24)30-28(26)33)29-21-9-5-19(6-10-21)18-31-15-3-2-4-16-31/h5-14,17,29H,2-4,15-16,18H2,1H3,(H,30,33). The number of rotatable bonds is 7. The van der Waals surface area contributed by atoms with E-state index in [1.807, 2.05) is 36.4 Å². The van der Waals surface area contributed by atoms with Gasteiger partial charge >= 0.3 is 0 Å². The fourth-order valence-electron chi connectivity index (χ4n) is 4.77. The second-order valence-electron chi connectivity index (χ2n) is 9.08. The fraction of sp³-hybridized carbons (Fsp3) is 0.250. The van der Waals surface area contributed by atoms with Gasteiger partial charge in [0.15, 0.2) is 0 Å². The van der Waals surface area contributed by atoms with Gasteiger partial charge in [-0.2, -0.15) is 0 Å². The summed E-state index contributed by atoms with van der Waals surface area (Å²) in [4.78, 5) is 26.5. The van der Waals surface area contributed by atoms with Crippen molar-refractivity contribution in [3.05, 3.63) is 93.5 Å². The second kappa shape index (κ2) is 10.2. The number of hydrogen-bond acceptors (Lipinski definition) is 6. The highest BCUT2D eigenvalue weighted by molar-refractivity contribution is 6.37. The third-order valence-corrected chi connectivity index (χ3v) is 6.67. The summed E-state index contributed by atoms with van der Waals surface area (Å²) >= 11 is 0. The van der Waals surface area contributed by atoms with Crippen LogP contribution in [-0.4, -0.2) is 35.9 Å². The number of carbonyl (C=O) groups excluding carboxylic acids is 1. The lowest BCUT2D eigenvalue weighted by Crippen LogP contribution is -2.29. The Morgan fingerprint density at radius 1 is 1.03 bits per heavy atom. The molecule has 36 heavy (non-hydrogen) atoms. The molecule has 1 fully saturated rings. The number of benzene rings is 3. The predicted molar refractivity (Wildman–Crippen MR) is 141 cm³/mol. The average Bonchev–Trinajstić information content (AvgIpc) is 3.23. The number of non-ortho nitro benzene ring substituents is 1. The summed E-state index contributed by atoms with van der Waals surface area (Å²) in [6.07, 6.45) is 3.81. The molecular weight excluding hydrogens is 456 g/mol. The van der Waals surface area contributed by atoms with Crippen LogP contribution in [0.3, 0.4) is 0 Å². The zero-order valence-corrected chi connectivity index (χ0v) is 20.1. The maximum absolute atomic E-state index is 13.1. The van der Waals surface area contributed by atoms with Crippen LogP contribution in [0.2, 0.25) is 0 Å². The quantitative estimate of drug-likeness (QED) is 0.260. The molecule has 2 heterocycles. The first-order chi connectivity index (χ1) is 17.5. The highest BCUT2D eigenvalue weighted by Gasteiger charge is 2.30. The first-order valence-corrected chi connectivity index (χ1v) is 12.1. The number of piperidine rings is 1. The van der Waals surface area contributed by atoms with Crippen molar-refractivity contribution in [2.24, 2.45) is 0 Å². The smallest absolute Gasteiger partial charge is 0.270 e. The zero-order chi connectivity index (χ0) is 25.1. The van der Waals surface area contributed by atoms with Gasteiger partial charge in [0.05, 0.1) is 23.3 Å². The van der Waals surface area contributed by atoms with Crippen molar-refractivity contribution in [2.45, 2.75) is 25.8 Å². The minimum Gasteiger partial charge on any atom is -0.497 e. The summed E-state index contributed by atoms with van der Waals surface area (Å²) in [5.74, 6) is 0.377. The first kappa shape index (κ1) is 23.6. The SMILES string of the molecule is COc1ccc(C(Nc2ccc(CN3CCCCC3)cc2)=C2C(=O)Nc3ccc([N+](=O)[O-])cc32)cc1. The molecular formula is C28H28N4O4. The van der Waals surface area contributed by atoms with E-state index in [0.717, 1.165) is 30.9 Å². The van der Waals surface area contributed by atoms with E-state index in [-0.39, 0.29) is 11.6 Å². The Labute approximate surface area is 209 Å². The Morgan fingerprint density at radius 2 is 1.75 bits per heavy atom. The lowest BCUT2D eigenvalue weighted by molar-refractivity contribution is -0.384. The molecule has 0 saturated carbocycles. The molecule has 2 N–H and O–H groups in total. The summed E-state index contributed by atoms with van der Waals surface area (Å²) in [6, 6.07) is 20.0. The largest absolute Gasteiger partial charge is 0.497 e. The number of ether oxygens (including phenoxy) is 1. The number of methoxy groups -OCH3 is 1. The Hall–Kier alpha value is -4.17. The zero-order valence-electron chi connectivity index (χ0n) is 20.1. The topological polar surface area (TPSA) is 96.7 Å². The molecule has 0 aromatic heterocycles. The summed E-state index contributed by atoms with van der Waals surface area (Å²) in [5.41, 5.74) is 4.72. The van der Waals surface area contributed by atoms with Crippen LogP contribution < -0.4 is 15.4 Å². The second-order valence-corrected chi connectivity index (χ2v) is 9.08. The van der Waals surface area contributed by atoms with Crippen LogP contribution >= 0.6 is 0 Å². The van der Waals surface area contributed by atoms with Gasteiger partial charge in [0.25, 0.3) is 11.6 Å². The number of hydrogen-bond donors (Lipinski definition) is 2. The van der Waals surface area contributed by atoms with E-state index < -0.39 is 4.92 Å². The maximum atomic E-state index is 13.1. The van der Waals surface area contributed by atoms with E-state index in [4.69, 9.17) is 4.74 Å². The molecule has 2 aliphatic rings. The Morgan fingerprint density at radius 3 is 2.42 bits per heavy atom. The molecule has 5 rings (SSSR count). The number of nitro groups is 1. The molecule has 0 radical (unpaired) electrons. The molecule has 0 spiro atoms. The molecule has 8 heteroatoms. The van der Waals surface area contributed by atoms with Crippen LogP contribution in [0.1, 0.15) is 36.0 Å². The molecule has 1 saturated heterocycles. The summed E-state index contributed by atoms with van der Waals surface area (Å²) in [6.45, 7) is 3.19. The van der Waals surface area contributed by atoms with Crippen LogP contribution in [0.25, 0.3) is 11.3 Å². The van der Waals surface area contributed by atoms with E-state index in [1.165, 1.54) is 37.0 Å². The third kappa shape index (κ3) is 4.94. The molecule has 0 bridgehead atoms. The molecule has 0 atom stereocenters. The van der Waals surface area contributed by atoms with E-state index in [2.05, 4.69) is 27.7 Å². The summed E-state index contributed by atoms with van der Waals surface area (Å²) in [7, 11) is 1.60. The number of nitrogens with zero attached hydrogens (tertiary/aromatic N) is 2. The van der Waals surface area contributed by atoms with Crippen molar-refractivity contribution in [3.63, 3.8) is 0 Å². The lowest BCUT2D eigenvalue weighted by atomic mass is 9.99. The van der Waals surface area contributed by atoms with E-state index >= 15 is 0 Å². The van der Waals surface area contributed by atoms with Gasteiger partial charge in [0.1, 0.15) is 5.75 Å². The minimum atomic E-state index is -0.456. The molecule has 0 aliphatic carbocycles. The van der Waals surface area contributed by atoms with Crippen molar-refractivity contribution in [1.29, 1.82) is 0 Å². The Balaban J connectivity index is 1.52. The fourth-order valence-corrected chi connectivity index (χ4v) is 4.77. The minimum absolute atomic E-state index is 0.0705. The van der Waals surface area contributed by atoms with Crippen molar-refractivity contribution >= 4 is 34.2 Å². The average molecular weight is 485 g/mol. The van der Waals surface area contributed by atoms with Gasteiger partial charge in [0.2, 0.25) is 0 Å². The van der Waals surface area contributed by atoms with Gasteiger partial charge < -0.3 is 15.4 Å². The van der Waals surface area contributed by atoms with E-state index in [0.29, 0.717) is 28.3 Å². The summed E-state index contributed by atoms with van der Waals surface area (Å²) < 4.78 is 5.29. The molecule has 8 nitrogen and oxygen atoms in total. The molecule has 2 aliphatic heterocycles. The molecule has 3 aromatic carbocycles. The number of nitro benzene ring substituents is 1. The number of carbonyl (C=O) groups is 1. The van der Waals surface area contributed by atoms with E-state index in [1.54, 1.807) is 13.2 Å². The Kier molecular flexibility index (Phi) is 6.69. The first-order valence-electron chi connectivity index (χ1n) is 12.1. The van der Waals surface area contributed by atoms with Gasteiger partial charge in [-0.3, -0.25) is 19.8 Å². The summed E-state index contributed by atoms with van der Waals surface area (Å²) in [5, 5.41) is 17.7. The van der Waals surface area contributed by atoms with Crippen LogP contribution in [0.15, 0.2) is 66.7 Å². The van der Waals surface area contributed by atoms with Gasteiger partial charge in [-0.25, -0.2) is 0 Å². The normalized spacial score (nSPS) is 16.8. The number of nitrogens with one attached hydrogen (secondary N) is 2. The lowest BCUT2D eigenvalue weighted by Gasteiger charge is -2.26. The molecule has 3 aromatic rings. The van der Waals surface area contributed by atoms with Crippen LogP contribution in [0.4, 0.5) is 17.1 Å². The monoisotopic (exact) mass is 484 g/mol. The number of anilines is 2. The van der Waals surface area contributed by atoms with Crippen LogP contribution in [-0.2, 0) is 11.3 Å². The van der Waals surface area contributed by atoms with Gasteiger partial charge in [-0.05, 0) is 79.5 Å². The van der Waals surface area contributed by atoms with Crippen molar-refractivity contribution in [1.82, 2.24) is 4.90 Å². The number of amides is 1.